The van der Waals surface area contributed by atoms with Gasteiger partial charge in [-0.15, -0.1) is 0 Å². The zero-order chi connectivity index (χ0) is 19.6. The molecule has 5 nitrogen and oxygen atoms in total. The number of halogens is 1. The second-order valence-corrected chi connectivity index (χ2v) is 9.45. The molecular weight excluding hydrogens is 361 g/mol. The number of carbonyl (C=O) groups is 2. The average molecular weight is 387 g/mol. The Hall–Kier alpha value is -2.11. The maximum atomic E-state index is 14.8. The van der Waals surface area contributed by atoms with E-state index in [1.165, 1.54) is 38.8 Å². The van der Waals surface area contributed by atoms with Crippen LogP contribution in [0, 0.1) is 29.0 Å². The fourth-order valence-corrected chi connectivity index (χ4v) is 6.18. The molecule has 5 saturated carbocycles. The molecule has 1 amide bonds. The van der Waals surface area contributed by atoms with Crippen LogP contribution in [0.15, 0.2) is 12.1 Å². The quantitative estimate of drug-likeness (QED) is 0.775. The number of likely N-dealkylation sites (N-methyl/N-ethyl adjacent to an activating group) is 1. The van der Waals surface area contributed by atoms with Crippen LogP contribution < -0.4 is 4.74 Å². The maximum absolute atomic E-state index is 14.8. The van der Waals surface area contributed by atoms with Gasteiger partial charge in [0.25, 0.3) is 5.91 Å². The first-order valence-corrected chi connectivity index (χ1v) is 10.3. The minimum atomic E-state index is -1.12. The number of hydrogen-bond acceptors (Lipinski definition) is 3. The summed E-state index contributed by atoms with van der Waals surface area (Å²) in [5.74, 6) is 1.01. The van der Waals surface area contributed by atoms with Gasteiger partial charge in [-0.3, -0.25) is 9.59 Å². The highest BCUT2D eigenvalue weighted by Crippen LogP contribution is 2.70. The molecule has 0 spiro atoms. The Morgan fingerprint density at radius 3 is 2.46 bits per heavy atom. The first-order chi connectivity index (χ1) is 13.4. The molecule has 4 bridgehead atoms. The van der Waals surface area contributed by atoms with E-state index in [4.69, 9.17) is 9.84 Å². The van der Waals surface area contributed by atoms with E-state index in [0.29, 0.717) is 18.3 Å². The van der Waals surface area contributed by atoms with E-state index in [2.05, 4.69) is 0 Å². The summed E-state index contributed by atoms with van der Waals surface area (Å²) in [6, 6.07) is 2.94. The highest BCUT2D eigenvalue weighted by molar-refractivity contribution is 5.96. The summed E-state index contributed by atoms with van der Waals surface area (Å²) in [7, 11) is 1.37. The third-order valence-electron chi connectivity index (χ3n) is 7.63. The van der Waals surface area contributed by atoms with E-state index in [1.807, 2.05) is 0 Å². The van der Waals surface area contributed by atoms with Crippen LogP contribution in [0.4, 0.5) is 4.39 Å². The van der Waals surface area contributed by atoms with Crippen molar-refractivity contribution in [3.05, 3.63) is 29.1 Å². The summed E-state index contributed by atoms with van der Waals surface area (Å²) in [5.41, 5.74) is 1.10. The molecule has 5 fully saturated rings. The lowest BCUT2D eigenvalue weighted by molar-refractivity contribution is -0.137. The largest absolute Gasteiger partial charge is 0.493 e. The predicted octanol–water partition coefficient (Wildman–Crippen LogP) is 3.67. The Morgan fingerprint density at radius 2 is 1.93 bits per heavy atom. The van der Waals surface area contributed by atoms with Crippen molar-refractivity contribution in [1.29, 1.82) is 0 Å². The summed E-state index contributed by atoms with van der Waals surface area (Å²) in [6.07, 6.45) is 7.19. The number of carboxylic acid groups (broad SMARTS) is 1. The molecule has 1 N–H and O–H groups in total. The van der Waals surface area contributed by atoms with Crippen molar-refractivity contribution in [2.75, 3.05) is 20.2 Å². The predicted molar refractivity (Wildman–Crippen MR) is 99.8 cm³/mol. The molecular formula is C22H26FNO4. The van der Waals surface area contributed by atoms with E-state index in [-0.39, 0.29) is 11.0 Å². The van der Waals surface area contributed by atoms with Gasteiger partial charge in [-0.1, -0.05) is 0 Å². The van der Waals surface area contributed by atoms with Crippen molar-refractivity contribution in [3.63, 3.8) is 0 Å². The fraction of sp³-hybridized carbons (Fsp3) is 0.636. The van der Waals surface area contributed by atoms with E-state index in [0.717, 1.165) is 41.1 Å². The molecule has 150 valence electrons. The minimum absolute atomic E-state index is 0.0692. The molecule has 1 aromatic carbocycles. The number of nitrogens with zero attached hydrogens (tertiary/aromatic N) is 1. The van der Waals surface area contributed by atoms with Gasteiger partial charge in [0.15, 0.2) is 0 Å². The molecule has 6 heteroatoms. The van der Waals surface area contributed by atoms with Crippen molar-refractivity contribution < 1.29 is 23.8 Å². The third kappa shape index (κ3) is 2.80. The van der Waals surface area contributed by atoms with Gasteiger partial charge in [0.1, 0.15) is 18.1 Å². The average Bonchev–Trinajstić information content (AvgIpc) is 3.04. The molecule has 6 rings (SSSR count). The number of amides is 1. The summed E-state index contributed by atoms with van der Waals surface area (Å²) in [4.78, 5) is 24.4. The highest BCUT2D eigenvalue weighted by atomic mass is 19.1. The third-order valence-corrected chi connectivity index (χ3v) is 7.63. The number of rotatable bonds is 7. The van der Waals surface area contributed by atoms with Crippen LogP contribution in [0.5, 0.6) is 5.75 Å². The molecule has 0 saturated heterocycles. The lowest BCUT2D eigenvalue weighted by atomic mass is 9.82. The van der Waals surface area contributed by atoms with Crippen LogP contribution in [0.25, 0.3) is 0 Å². The SMILES string of the molecule is CN(CC(=O)O)C(=O)c1cc(C2CC2)c(OCC23CC4CC2CC4C3)cc1F. The molecule has 5 aliphatic carbocycles. The van der Waals surface area contributed by atoms with Crippen LogP contribution in [-0.2, 0) is 4.79 Å². The van der Waals surface area contributed by atoms with Crippen LogP contribution in [0.1, 0.15) is 60.4 Å². The summed E-state index contributed by atoms with van der Waals surface area (Å²) in [6.45, 7) is 0.192. The molecule has 0 radical (unpaired) electrons. The van der Waals surface area contributed by atoms with E-state index in [9.17, 15) is 14.0 Å². The van der Waals surface area contributed by atoms with E-state index < -0.39 is 24.2 Å². The topological polar surface area (TPSA) is 66.8 Å². The standard InChI is InChI=1S/C22H26FNO4/c1-24(10-20(25)26)21(27)17-6-16(12-2-3-12)19(7-18(17)23)28-11-22-8-13-4-15(22)5-14(13)9-22/h6-7,12-15H,2-5,8-11H2,1H3,(H,25,26). The molecule has 2 atom stereocenters. The van der Waals surface area contributed by atoms with Gasteiger partial charge in [0.05, 0.1) is 12.2 Å². The van der Waals surface area contributed by atoms with Crippen molar-refractivity contribution in [3.8, 4) is 5.75 Å². The Kier molecular flexibility index (Phi) is 3.97. The van der Waals surface area contributed by atoms with Crippen LogP contribution in [-0.4, -0.2) is 42.1 Å². The second-order valence-electron chi connectivity index (χ2n) is 9.45. The van der Waals surface area contributed by atoms with Crippen molar-refractivity contribution in [2.24, 2.45) is 23.2 Å². The number of carbonyl (C=O) groups excluding carboxylic acids is 1. The molecule has 1 aromatic rings. The van der Waals surface area contributed by atoms with Gasteiger partial charge in [-0.2, -0.15) is 0 Å². The van der Waals surface area contributed by atoms with Gasteiger partial charge in [0, 0.05) is 18.5 Å². The Bertz CT molecular complexity index is 835. The summed E-state index contributed by atoms with van der Waals surface area (Å²) < 4.78 is 21.0. The normalized spacial score (nSPS) is 32.1. The fourth-order valence-electron chi connectivity index (χ4n) is 6.18. The van der Waals surface area contributed by atoms with Crippen molar-refractivity contribution >= 4 is 11.9 Å². The number of carboxylic acids is 1. The zero-order valence-corrected chi connectivity index (χ0v) is 16.1. The minimum Gasteiger partial charge on any atom is -0.493 e. The molecule has 0 heterocycles. The monoisotopic (exact) mass is 387 g/mol. The lowest BCUT2D eigenvalue weighted by Gasteiger charge is -2.29. The maximum Gasteiger partial charge on any atom is 0.323 e. The van der Waals surface area contributed by atoms with Crippen LogP contribution >= 0.6 is 0 Å². The highest BCUT2D eigenvalue weighted by Gasteiger charge is 2.63. The van der Waals surface area contributed by atoms with Crippen molar-refractivity contribution in [2.45, 2.75) is 44.4 Å². The smallest absolute Gasteiger partial charge is 0.323 e. The number of ether oxygens (including phenoxy) is 1. The molecule has 0 aromatic heterocycles. The zero-order valence-electron chi connectivity index (χ0n) is 16.1. The lowest BCUT2D eigenvalue weighted by Crippen LogP contribution is -2.32. The Morgan fingerprint density at radius 1 is 1.25 bits per heavy atom. The van der Waals surface area contributed by atoms with Gasteiger partial charge >= 0.3 is 5.97 Å². The summed E-state index contributed by atoms with van der Waals surface area (Å²) in [5, 5.41) is 8.89. The number of benzene rings is 1. The number of hydrogen-bond donors (Lipinski definition) is 1. The van der Waals surface area contributed by atoms with Crippen LogP contribution in [0.3, 0.4) is 0 Å². The van der Waals surface area contributed by atoms with Gasteiger partial charge < -0.3 is 14.7 Å². The van der Waals surface area contributed by atoms with E-state index in [1.54, 1.807) is 6.07 Å². The van der Waals surface area contributed by atoms with Gasteiger partial charge in [0.2, 0.25) is 0 Å². The Balaban J connectivity index is 1.37. The summed E-state index contributed by atoms with van der Waals surface area (Å²) >= 11 is 0. The van der Waals surface area contributed by atoms with Gasteiger partial charge in [-0.25, -0.2) is 4.39 Å². The molecule has 2 unspecified atom stereocenters. The number of aliphatic carboxylic acids is 1. The Labute approximate surface area is 163 Å². The van der Waals surface area contributed by atoms with Gasteiger partial charge in [-0.05, 0) is 73.8 Å². The first kappa shape index (κ1) is 18.0. The first-order valence-electron chi connectivity index (χ1n) is 10.3. The second kappa shape index (κ2) is 6.19. The molecule has 28 heavy (non-hydrogen) atoms. The van der Waals surface area contributed by atoms with E-state index >= 15 is 0 Å². The van der Waals surface area contributed by atoms with Crippen LogP contribution in [0.2, 0.25) is 0 Å². The molecule has 5 aliphatic rings. The van der Waals surface area contributed by atoms with Crippen molar-refractivity contribution in [1.82, 2.24) is 4.90 Å². The molecule has 0 aliphatic heterocycles.